The standard InChI is InChI=1S/C10H10N2O/c13-10(9-3-5-12-7-9)8-2-1-4-11-6-8/h1-7,10,12-13H. The van der Waals surface area contributed by atoms with E-state index < -0.39 is 6.10 Å². The highest BCUT2D eigenvalue weighted by Crippen LogP contribution is 2.19. The number of H-pyrrole nitrogens is 1. The molecule has 2 heterocycles. The van der Waals surface area contributed by atoms with Crippen LogP contribution in [0.1, 0.15) is 17.2 Å². The molecule has 0 aliphatic carbocycles. The highest BCUT2D eigenvalue weighted by Gasteiger charge is 2.09. The highest BCUT2D eigenvalue weighted by atomic mass is 16.3. The van der Waals surface area contributed by atoms with Gasteiger partial charge in [-0.05, 0) is 12.1 Å². The van der Waals surface area contributed by atoms with Crippen molar-refractivity contribution in [1.29, 1.82) is 0 Å². The number of pyridine rings is 1. The molecule has 0 fully saturated rings. The maximum Gasteiger partial charge on any atom is 0.107 e. The first kappa shape index (κ1) is 8.01. The summed E-state index contributed by atoms with van der Waals surface area (Å²) in [6, 6.07) is 5.51. The Labute approximate surface area is 76.1 Å². The average molecular weight is 174 g/mol. The number of hydrogen-bond acceptors (Lipinski definition) is 2. The summed E-state index contributed by atoms with van der Waals surface area (Å²) in [4.78, 5) is 6.85. The van der Waals surface area contributed by atoms with Crippen molar-refractivity contribution in [2.24, 2.45) is 0 Å². The van der Waals surface area contributed by atoms with Crippen LogP contribution < -0.4 is 0 Å². The minimum absolute atomic E-state index is 0.583. The van der Waals surface area contributed by atoms with Gasteiger partial charge in [-0.15, -0.1) is 0 Å². The van der Waals surface area contributed by atoms with Gasteiger partial charge in [0.05, 0.1) is 0 Å². The van der Waals surface area contributed by atoms with Crippen LogP contribution in [-0.4, -0.2) is 15.1 Å². The first-order valence-corrected chi connectivity index (χ1v) is 4.08. The van der Waals surface area contributed by atoms with Crippen LogP contribution in [-0.2, 0) is 0 Å². The quantitative estimate of drug-likeness (QED) is 0.724. The number of nitrogens with one attached hydrogen (secondary N) is 1. The zero-order valence-electron chi connectivity index (χ0n) is 7.01. The maximum atomic E-state index is 9.82. The van der Waals surface area contributed by atoms with Gasteiger partial charge in [0.25, 0.3) is 0 Å². The number of aliphatic hydroxyl groups is 1. The molecule has 3 nitrogen and oxygen atoms in total. The van der Waals surface area contributed by atoms with Gasteiger partial charge in [0.2, 0.25) is 0 Å². The number of aromatic amines is 1. The van der Waals surface area contributed by atoms with E-state index in [1.165, 1.54) is 0 Å². The molecule has 0 bridgehead atoms. The van der Waals surface area contributed by atoms with E-state index in [0.717, 1.165) is 11.1 Å². The van der Waals surface area contributed by atoms with E-state index in [9.17, 15) is 5.11 Å². The smallest absolute Gasteiger partial charge is 0.107 e. The molecule has 0 aliphatic rings. The molecule has 0 aliphatic heterocycles. The van der Waals surface area contributed by atoms with Crippen LogP contribution in [0.3, 0.4) is 0 Å². The third-order valence-electron chi connectivity index (χ3n) is 1.94. The Morgan fingerprint density at radius 3 is 2.85 bits per heavy atom. The van der Waals surface area contributed by atoms with E-state index in [4.69, 9.17) is 0 Å². The van der Waals surface area contributed by atoms with Gasteiger partial charge in [0.1, 0.15) is 6.10 Å². The van der Waals surface area contributed by atoms with Gasteiger partial charge in [0, 0.05) is 35.9 Å². The van der Waals surface area contributed by atoms with E-state index in [0.29, 0.717) is 0 Å². The molecule has 0 spiro atoms. The summed E-state index contributed by atoms with van der Waals surface area (Å²) in [6.45, 7) is 0. The second kappa shape index (κ2) is 3.41. The minimum Gasteiger partial charge on any atom is -0.384 e. The van der Waals surface area contributed by atoms with Gasteiger partial charge in [-0.25, -0.2) is 0 Å². The van der Waals surface area contributed by atoms with E-state index >= 15 is 0 Å². The SMILES string of the molecule is OC(c1cccnc1)c1cc[nH]c1. The van der Waals surface area contributed by atoms with Crippen molar-refractivity contribution < 1.29 is 5.11 Å². The fourth-order valence-corrected chi connectivity index (χ4v) is 1.24. The number of aromatic nitrogens is 2. The number of hydrogen-bond donors (Lipinski definition) is 2. The van der Waals surface area contributed by atoms with E-state index in [-0.39, 0.29) is 0 Å². The molecule has 0 aromatic carbocycles. The molecule has 2 aromatic rings. The monoisotopic (exact) mass is 174 g/mol. The summed E-state index contributed by atoms with van der Waals surface area (Å²) in [5, 5.41) is 9.82. The van der Waals surface area contributed by atoms with Crippen LogP contribution in [0.25, 0.3) is 0 Å². The van der Waals surface area contributed by atoms with Crippen LogP contribution in [0.5, 0.6) is 0 Å². The molecule has 2 aromatic heterocycles. The van der Waals surface area contributed by atoms with Gasteiger partial charge in [-0.1, -0.05) is 6.07 Å². The summed E-state index contributed by atoms with van der Waals surface area (Å²) in [7, 11) is 0. The van der Waals surface area contributed by atoms with E-state index in [1.54, 1.807) is 24.8 Å². The normalized spacial score (nSPS) is 12.7. The van der Waals surface area contributed by atoms with Gasteiger partial charge in [-0.2, -0.15) is 0 Å². The first-order valence-electron chi connectivity index (χ1n) is 4.08. The zero-order valence-corrected chi connectivity index (χ0v) is 7.01. The van der Waals surface area contributed by atoms with Crippen LogP contribution in [0.2, 0.25) is 0 Å². The van der Waals surface area contributed by atoms with Gasteiger partial charge >= 0.3 is 0 Å². The lowest BCUT2D eigenvalue weighted by Gasteiger charge is -2.07. The Morgan fingerprint density at radius 2 is 2.23 bits per heavy atom. The molecule has 13 heavy (non-hydrogen) atoms. The predicted octanol–water partition coefficient (Wildman–Crippen LogP) is 1.49. The molecule has 2 rings (SSSR count). The molecule has 1 unspecified atom stereocenters. The first-order chi connectivity index (χ1) is 6.38. The Kier molecular flexibility index (Phi) is 2.10. The molecule has 1 atom stereocenters. The summed E-state index contributed by atoms with van der Waals surface area (Å²) >= 11 is 0. The van der Waals surface area contributed by atoms with Gasteiger partial charge in [-0.3, -0.25) is 4.98 Å². The van der Waals surface area contributed by atoms with Crippen LogP contribution >= 0.6 is 0 Å². The maximum absolute atomic E-state index is 9.82. The number of rotatable bonds is 2. The molecule has 66 valence electrons. The third-order valence-corrected chi connectivity index (χ3v) is 1.94. The van der Waals surface area contributed by atoms with Crippen molar-refractivity contribution in [1.82, 2.24) is 9.97 Å². The molecule has 0 amide bonds. The molecule has 0 saturated heterocycles. The molecule has 0 saturated carbocycles. The fraction of sp³-hybridized carbons (Fsp3) is 0.100. The summed E-state index contributed by atoms with van der Waals surface area (Å²) < 4.78 is 0. The lowest BCUT2D eigenvalue weighted by Crippen LogP contribution is -1.97. The van der Waals surface area contributed by atoms with Crippen molar-refractivity contribution in [2.45, 2.75) is 6.10 Å². The largest absolute Gasteiger partial charge is 0.384 e. The van der Waals surface area contributed by atoms with Crippen molar-refractivity contribution in [2.75, 3.05) is 0 Å². The Balaban J connectivity index is 2.29. The Morgan fingerprint density at radius 1 is 1.31 bits per heavy atom. The Hall–Kier alpha value is -1.61. The lowest BCUT2D eigenvalue weighted by atomic mass is 10.1. The highest BCUT2D eigenvalue weighted by molar-refractivity contribution is 5.25. The molecule has 3 heteroatoms. The molecular weight excluding hydrogens is 164 g/mol. The molecule has 2 N–H and O–H groups in total. The number of aliphatic hydroxyl groups excluding tert-OH is 1. The van der Waals surface area contributed by atoms with Gasteiger partial charge < -0.3 is 10.1 Å². The zero-order chi connectivity index (χ0) is 9.10. The summed E-state index contributed by atoms with van der Waals surface area (Å²) in [6.07, 6.45) is 6.33. The average Bonchev–Trinajstić information content (AvgIpc) is 2.71. The predicted molar refractivity (Wildman–Crippen MR) is 49.1 cm³/mol. The third kappa shape index (κ3) is 1.60. The van der Waals surface area contributed by atoms with Crippen molar-refractivity contribution in [3.8, 4) is 0 Å². The van der Waals surface area contributed by atoms with Crippen LogP contribution in [0.4, 0.5) is 0 Å². The summed E-state index contributed by atoms with van der Waals surface area (Å²) in [5.41, 5.74) is 1.66. The van der Waals surface area contributed by atoms with Crippen LogP contribution in [0, 0.1) is 0 Å². The molecular formula is C10H10N2O. The van der Waals surface area contributed by atoms with Crippen molar-refractivity contribution in [3.05, 3.63) is 54.1 Å². The van der Waals surface area contributed by atoms with E-state index in [2.05, 4.69) is 9.97 Å². The molecule has 0 radical (unpaired) electrons. The van der Waals surface area contributed by atoms with E-state index in [1.807, 2.05) is 18.2 Å². The van der Waals surface area contributed by atoms with Gasteiger partial charge in [0.15, 0.2) is 0 Å². The van der Waals surface area contributed by atoms with Crippen molar-refractivity contribution in [3.63, 3.8) is 0 Å². The number of nitrogens with zero attached hydrogens (tertiary/aromatic N) is 1. The second-order valence-corrected chi connectivity index (χ2v) is 2.83. The Bertz CT molecular complexity index is 356. The minimum atomic E-state index is -0.583. The second-order valence-electron chi connectivity index (χ2n) is 2.83. The topological polar surface area (TPSA) is 48.9 Å². The summed E-state index contributed by atoms with van der Waals surface area (Å²) in [5.74, 6) is 0. The fourth-order valence-electron chi connectivity index (χ4n) is 1.24. The lowest BCUT2D eigenvalue weighted by molar-refractivity contribution is 0.220. The van der Waals surface area contributed by atoms with Crippen molar-refractivity contribution >= 4 is 0 Å². The van der Waals surface area contributed by atoms with Crippen LogP contribution in [0.15, 0.2) is 43.0 Å².